The Morgan fingerprint density at radius 3 is 1.45 bits per heavy atom. The lowest BCUT2D eigenvalue weighted by Crippen LogP contribution is -2.26. The van der Waals surface area contributed by atoms with Crippen molar-refractivity contribution in [2.75, 3.05) is 0 Å². The molecule has 22 heavy (non-hydrogen) atoms. The van der Waals surface area contributed by atoms with Crippen LogP contribution >= 0.6 is 0 Å². The fourth-order valence-electron chi connectivity index (χ4n) is 1.34. The van der Waals surface area contributed by atoms with Crippen molar-refractivity contribution in [3.8, 4) is 11.5 Å². The normalized spacial score (nSPS) is 11.5. The smallest absolute Gasteiger partial charge is 0.428 e. The maximum Gasteiger partial charge on any atom is 0.514 e. The summed E-state index contributed by atoms with van der Waals surface area (Å²) in [5.41, 5.74) is -1.30. The molecule has 0 unspecified atom stereocenters. The van der Waals surface area contributed by atoms with Gasteiger partial charge in [-0.2, -0.15) is 0 Å². The van der Waals surface area contributed by atoms with Crippen LogP contribution in [0, 0.1) is 0 Å². The van der Waals surface area contributed by atoms with Gasteiger partial charge in [-0.1, -0.05) is 6.07 Å². The molecule has 0 saturated heterocycles. The Hall–Kier alpha value is -2.24. The van der Waals surface area contributed by atoms with Gasteiger partial charge in [-0.3, -0.25) is 0 Å². The Bertz CT molecular complexity index is 491. The second-order valence-electron chi connectivity index (χ2n) is 6.61. The second-order valence-corrected chi connectivity index (χ2v) is 6.61. The minimum Gasteiger partial charge on any atom is -0.428 e. The van der Waals surface area contributed by atoms with Crippen LogP contribution in [0.1, 0.15) is 41.5 Å². The first-order valence-electron chi connectivity index (χ1n) is 6.86. The van der Waals surface area contributed by atoms with E-state index in [9.17, 15) is 9.59 Å². The van der Waals surface area contributed by atoms with Crippen molar-refractivity contribution in [3.63, 3.8) is 0 Å². The molecule has 6 heteroatoms. The van der Waals surface area contributed by atoms with E-state index < -0.39 is 23.5 Å². The Kier molecular flexibility index (Phi) is 5.41. The lowest BCUT2D eigenvalue weighted by Gasteiger charge is -2.19. The summed E-state index contributed by atoms with van der Waals surface area (Å²) in [6, 6.07) is 6.07. The van der Waals surface area contributed by atoms with Crippen LogP contribution in [0.3, 0.4) is 0 Å². The van der Waals surface area contributed by atoms with Gasteiger partial charge in [0, 0.05) is 6.07 Å². The van der Waals surface area contributed by atoms with Crippen molar-refractivity contribution >= 4 is 12.3 Å². The van der Waals surface area contributed by atoms with E-state index in [0.717, 1.165) is 0 Å². The number of hydrogen-bond donors (Lipinski definition) is 0. The Labute approximate surface area is 130 Å². The van der Waals surface area contributed by atoms with Gasteiger partial charge in [0.15, 0.2) is 0 Å². The fourth-order valence-corrected chi connectivity index (χ4v) is 1.34. The molecule has 122 valence electrons. The van der Waals surface area contributed by atoms with Crippen molar-refractivity contribution in [2.24, 2.45) is 0 Å². The number of benzene rings is 1. The van der Waals surface area contributed by atoms with E-state index in [4.69, 9.17) is 18.9 Å². The summed E-state index contributed by atoms with van der Waals surface area (Å²) in [6.07, 6.45) is -1.66. The molecular formula is C16H22O6. The maximum absolute atomic E-state index is 11.6. The molecule has 1 aromatic carbocycles. The molecule has 0 saturated carbocycles. The number of hydrogen-bond acceptors (Lipinski definition) is 6. The first-order chi connectivity index (χ1) is 9.94. The molecule has 0 atom stereocenters. The molecule has 0 spiro atoms. The van der Waals surface area contributed by atoms with Gasteiger partial charge in [0.1, 0.15) is 22.7 Å². The summed E-state index contributed by atoms with van der Waals surface area (Å²) in [4.78, 5) is 23.1. The van der Waals surface area contributed by atoms with Gasteiger partial charge in [0.2, 0.25) is 0 Å². The average molecular weight is 310 g/mol. The van der Waals surface area contributed by atoms with E-state index >= 15 is 0 Å². The molecule has 0 heterocycles. The van der Waals surface area contributed by atoms with Crippen molar-refractivity contribution in [1.29, 1.82) is 0 Å². The Morgan fingerprint density at radius 2 is 1.14 bits per heavy atom. The second kappa shape index (κ2) is 6.68. The van der Waals surface area contributed by atoms with Crippen LogP contribution in [0.15, 0.2) is 24.3 Å². The van der Waals surface area contributed by atoms with Crippen molar-refractivity contribution in [3.05, 3.63) is 24.3 Å². The lowest BCUT2D eigenvalue weighted by molar-refractivity contribution is 0.0205. The van der Waals surface area contributed by atoms with Crippen LogP contribution in [0.4, 0.5) is 9.59 Å². The SMILES string of the molecule is CC(C)(C)OC(=O)Oc1cccc(OC(=O)OC(C)(C)C)c1. The van der Waals surface area contributed by atoms with E-state index in [1.54, 1.807) is 59.7 Å². The van der Waals surface area contributed by atoms with Crippen molar-refractivity contribution in [1.82, 2.24) is 0 Å². The predicted octanol–water partition coefficient (Wildman–Crippen LogP) is 4.31. The first-order valence-corrected chi connectivity index (χ1v) is 6.86. The molecule has 0 aliphatic carbocycles. The van der Waals surface area contributed by atoms with E-state index in [1.807, 2.05) is 0 Å². The molecule has 0 aliphatic rings. The van der Waals surface area contributed by atoms with Gasteiger partial charge in [-0.15, -0.1) is 0 Å². The number of rotatable bonds is 2. The molecule has 0 aromatic heterocycles. The van der Waals surface area contributed by atoms with Gasteiger partial charge in [0.25, 0.3) is 0 Å². The molecule has 0 amide bonds. The summed E-state index contributed by atoms with van der Waals surface area (Å²) in [6.45, 7) is 10.4. The molecule has 0 aliphatic heterocycles. The highest BCUT2D eigenvalue weighted by atomic mass is 16.7. The Balaban J connectivity index is 2.66. The zero-order valence-electron chi connectivity index (χ0n) is 13.8. The monoisotopic (exact) mass is 310 g/mol. The molecule has 0 fully saturated rings. The van der Waals surface area contributed by atoms with Gasteiger partial charge < -0.3 is 18.9 Å². The molecule has 0 N–H and O–H groups in total. The predicted molar refractivity (Wildman–Crippen MR) is 80.2 cm³/mol. The summed E-state index contributed by atoms with van der Waals surface area (Å²) in [5, 5.41) is 0. The molecule has 6 nitrogen and oxygen atoms in total. The third-order valence-corrected chi connectivity index (χ3v) is 1.99. The zero-order valence-corrected chi connectivity index (χ0v) is 13.8. The maximum atomic E-state index is 11.6. The van der Waals surface area contributed by atoms with Crippen molar-refractivity contribution in [2.45, 2.75) is 52.7 Å². The summed E-state index contributed by atoms with van der Waals surface area (Å²) < 4.78 is 20.1. The van der Waals surface area contributed by atoms with Gasteiger partial charge in [-0.05, 0) is 53.7 Å². The van der Waals surface area contributed by atoms with Gasteiger partial charge in [-0.25, -0.2) is 9.59 Å². The minimum absolute atomic E-state index is 0.204. The highest BCUT2D eigenvalue weighted by molar-refractivity contribution is 5.66. The lowest BCUT2D eigenvalue weighted by atomic mass is 10.2. The van der Waals surface area contributed by atoms with Gasteiger partial charge in [0.05, 0.1) is 0 Å². The van der Waals surface area contributed by atoms with Crippen LogP contribution in [0.5, 0.6) is 11.5 Å². The highest BCUT2D eigenvalue weighted by Crippen LogP contribution is 2.22. The largest absolute Gasteiger partial charge is 0.514 e. The fraction of sp³-hybridized carbons (Fsp3) is 0.500. The quantitative estimate of drug-likeness (QED) is 0.598. The third-order valence-electron chi connectivity index (χ3n) is 1.99. The molecule has 1 rings (SSSR count). The topological polar surface area (TPSA) is 71.1 Å². The minimum atomic E-state index is -0.832. The number of ether oxygens (including phenoxy) is 4. The average Bonchev–Trinajstić information content (AvgIpc) is 2.22. The first kappa shape index (κ1) is 17.8. The van der Waals surface area contributed by atoms with Crippen LogP contribution in [-0.2, 0) is 9.47 Å². The highest BCUT2D eigenvalue weighted by Gasteiger charge is 2.20. The van der Waals surface area contributed by atoms with Crippen molar-refractivity contribution < 1.29 is 28.5 Å². The molecule has 0 bridgehead atoms. The third kappa shape index (κ3) is 7.52. The van der Waals surface area contributed by atoms with Gasteiger partial charge >= 0.3 is 12.3 Å². The zero-order chi connectivity index (χ0) is 17.0. The van der Waals surface area contributed by atoms with E-state index in [2.05, 4.69) is 0 Å². The summed E-state index contributed by atoms with van der Waals surface area (Å²) >= 11 is 0. The number of carbonyl (C=O) groups is 2. The standard InChI is InChI=1S/C16H22O6/c1-15(2,3)21-13(17)19-11-8-7-9-12(10-11)20-14(18)22-16(4,5)6/h7-10H,1-6H3. The molecule has 1 aromatic rings. The summed E-state index contributed by atoms with van der Waals surface area (Å²) in [5.74, 6) is 0.408. The molecular weight excluding hydrogens is 288 g/mol. The Morgan fingerprint density at radius 1 is 0.773 bits per heavy atom. The van der Waals surface area contributed by atoms with Crippen LogP contribution in [0.25, 0.3) is 0 Å². The van der Waals surface area contributed by atoms with Crippen LogP contribution in [0.2, 0.25) is 0 Å². The van der Waals surface area contributed by atoms with E-state index in [1.165, 1.54) is 6.07 Å². The van der Waals surface area contributed by atoms with E-state index in [-0.39, 0.29) is 11.5 Å². The van der Waals surface area contributed by atoms with Crippen LogP contribution in [-0.4, -0.2) is 23.5 Å². The van der Waals surface area contributed by atoms with E-state index in [0.29, 0.717) is 0 Å². The number of carbonyl (C=O) groups excluding carboxylic acids is 2. The summed E-state index contributed by atoms with van der Waals surface area (Å²) in [7, 11) is 0. The van der Waals surface area contributed by atoms with Crippen LogP contribution < -0.4 is 9.47 Å². The molecule has 0 radical (unpaired) electrons.